The number of anilines is 1. The monoisotopic (exact) mass is 640 g/mol. The molecule has 7 rings (SSSR count). The number of rotatable bonds is 8. The van der Waals surface area contributed by atoms with Crippen molar-refractivity contribution in [2.24, 2.45) is 0 Å². The van der Waals surface area contributed by atoms with Crippen molar-refractivity contribution in [2.75, 3.05) is 12.4 Å². The normalized spacial score (nSPS) is 13.8. The van der Waals surface area contributed by atoms with Crippen LogP contribution in [-0.4, -0.2) is 38.6 Å². The molecule has 0 aliphatic heterocycles. The highest BCUT2D eigenvalue weighted by Crippen LogP contribution is 2.47. The molecule has 2 N–H and O–H groups in total. The van der Waals surface area contributed by atoms with Gasteiger partial charge in [0.05, 0.1) is 34.2 Å². The van der Waals surface area contributed by atoms with Gasteiger partial charge in [0.2, 0.25) is 5.91 Å². The Kier molecular flexibility index (Phi) is 7.80. The quantitative estimate of drug-likeness (QED) is 0.173. The number of carboxylic acids is 1. The van der Waals surface area contributed by atoms with E-state index in [4.69, 9.17) is 9.72 Å². The third kappa shape index (κ3) is 5.57. The zero-order valence-corrected chi connectivity index (χ0v) is 26.0. The molecule has 6 aromatic rings. The summed E-state index contributed by atoms with van der Waals surface area (Å²) in [6.45, 7) is -0.000102. The van der Waals surface area contributed by atoms with Crippen LogP contribution >= 0.6 is 22.7 Å². The number of halogens is 1. The molecular weight excluding hydrogens is 612 g/mol. The molecule has 0 spiro atoms. The van der Waals surface area contributed by atoms with Crippen LogP contribution in [-0.2, 0) is 11.3 Å². The van der Waals surface area contributed by atoms with Gasteiger partial charge in [0.25, 0.3) is 0 Å². The Morgan fingerprint density at radius 2 is 1.93 bits per heavy atom. The zero-order valence-electron chi connectivity index (χ0n) is 24.4. The molecule has 228 valence electrons. The van der Waals surface area contributed by atoms with Crippen molar-refractivity contribution < 1.29 is 23.8 Å². The van der Waals surface area contributed by atoms with Crippen molar-refractivity contribution in [1.82, 2.24) is 14.5 Å². The van der Waals surface area contributed by atoms with Gasteiger partial charge in [-0.2, -0.15) is 0 Å². The Hall–Kier alpha value is -4.61. The summed E-state index contributed by atoms with van der Waals surface area (Å²) in [5.74, 6) is -0.949. The lowest BCUT2D eigenvalue weighted by atomic mass is 9.83. The fraction of sp³-hybridized carbons (Fsp3) is 0.235. The molecule has 4 heterocycles. The van der Waals surface area contributed by atoms with E-state index in [-0.39, 0.29) is 23.2 Å². The summed E-state index contributed by atoms with van der Waals surface area (Å²) in [5.41, 5.74) is 5.29. The second-order valence-corrected chi connectivity index (χ2v) is 13.1. The number of thiophene rings is 1. The van der Waals surface area contributed by atoms with E-state index in [2.05, 4.69) is 16.4 Å². The van der Waals surface area contributed by atoms with E-state index in [9.17, 15) is 19.1 Å². The summed E-state index contributed by atoms with van der Waals surface area (Å²) in [7, 11) is 1.50. The summed E-state index contributed by atoms with van der Waals surface area (Å²) in [4.78, 5) is 34.6. The van der Waals surface area contributed by atoms with E-state index in [1.165, 1.54) is 42.3 Å². The largest absolute Gasteiger partial charge is 0.497 e. The number of fused-ring (bicyclic) bond motifs is 2. The molecule has 1 saturated carbocycles. The van der Waals surface area contributed by atoms with Crippen LogP contribution in [0.15, 0.2) is 66.2 Å². The van der Waals surface area contributed by atoms with E-state index in [0.717, 1.165) is 58.1 Å². The number of nitrogens with zero attached hydrogens (tertiary/aromatic N) is 3. The minimum atomic E-state index is -0.980. The van der Waals surface area contributed by atoms with Crippen LogP contribution in [0.25, 0.3) is 43.6 Å². The summed E-state index contributed by atoms with van der Waals surface area (Å²) >= 11 is 2.62. The molecular formula is C34H29FN4O4S2. The molecule has 0 bridgehead atoms. The standard InChI is InChI=1S/C34H29FN4O4S2/c1-43-22-9-10-23(24(35)16-22)26-12-7-20-15-21(8-11-25(20)37-26)31-30(19-5-3-2-4-6-19)32-27(17-28(45-32)33(41)42)39(31)18-29(40)38-34-36-13-14-44-34/h7-17,19H,2-6,18H2,1H3,(H,41,42)(H,36,38,40). The number of aromatic carboxylic acids is 1. The number of hydrogen-bond donors (Lipinski definition) is 2. The summed E-state index contributed by atoms with van der Waals surface area (Å²) in [6.07, 6.45) is 7.02. The van der Waals surface area contributed by atoms with Gasteiger partial charge in [0.1, 0.15) is 23.0 Å². The van der Waals surface area contributed by atoms with Gasteiger partial charge in [-0.3, -0.25) is 4.79 Å². The molecule has 4 aromatic heterocycles. The minimum Gasteiger partial charge on any atom is -0.497 e. The Balaban J connectivity index is 1.37. The highest BCUT2D eigenvalue weighted by atomic mass is 32.1. The maximum Gasteiger partial charge on any atom is 0.345 e. The van der Waals surface area contributed by atoms with Gasteiger partial charge in [-0.15, -0.1) is 22.7 Å². The van der Waals surface area contributed by atoms with Crippen molar-refractivity contribution in [3.05, 3.63) is 82.4 Å². The Bertz CT molecular complexity index is 2060. The van der Waals surface area contributed by atoms with Crippen LogP contribution in [0.2, 0.25) is 0 Å². The number of carbonyl (C=O) groups excluding carboxylic acids is 1. The number of carbonyl (C=O) groups is 2. The number of pyridine rings is 1. The molecule has 0 unspecified atom stereocenters. The number of thiazole rings is 1. The second kappa shape index (κ2) is 12.1. The number of ether oxygens (including phenoxy) is 1. The number of hydrogen-bond acceptors (Lipinski definition) is 7. The first-order valence-electron chi connectivity index (χ1n) is 14.7. The smallest absolute Gasteiger partial charge is 0.345 e. The first kappa shape index (κ1) is 29.1. The van der Waals surface area contributed by atoms with Crippen molar-refractivity contribution in [3.8, 4) is 28.3 Å². The molecule has 0 saturated heterocycles. The fourth-order valence-corrected chi connectivity index (χ4v) is 8.01. The van der Waals surface area contributed by atoms with Gasteiger partial charge >= 0.3 is 5.97 Å². The number of amides is 1. The molecule has 11 heteroatoms. The van der Waals surface area contributed by atoms with Gasteiger partial charge in [0, 0.05) is 28.6 Å². The fourth-order valence-electron chi connectivity index (χ4n) is 6.34. The lowest BCUT2D eigenvalue weighted by molar-refractivity contribution is -0.116. The van der Waals surface area contributed by atoms with Crippen LogP contribution in [0.5, 0.6) is 5.75 Å². The van der Waals surface area contributed by atoms with Crippen LogP contribution in [0.3, 0.4) is 0 Å². The minimum absolute atomic E-state index is 0.000102. The van der Waals surface area contributed by atoms with Gasteiger partial charge in [-0.1, -0.05) is 31.4 Å². The van der Waals surface area contributed by atoms with Crippen molar-refractivity contribution in [3.63, 3.8) is 0 Å². The number of methoxy groups -OCH3 is 1. The molecule has 1 fully saturated rings. The Morgan fingerprint density at radius 3 is 2.67 bits per heavy atom. The number of nitrogens with one attached hydrogen (secondary N) is 1. The molecule has 45 heavy (non-hydrogen) atoms. The van der Waals surface area contributed by atoms with Gasteiger partial charge in [0.15, 0.2) is 5.13 Å². The van der Waals surface area contributed by atoms with E-state index < -0.39 is 11.8 Å². The Labute approximate surface area is 266 Å². The molecule has 2 aromatic carbocycles. The number of carboxylic acid groups (broad SMARTS) is 1. The topological polar surface area (TPSA) is 106 Å². The first-order valence-corrected chi connectivity index (χ1v) is 16.4. The van der Waals surface area contributed by atoms with E-state index in [1.807, 2.05) is 22.8 Å². The summed E-state index contributed by atoms with van der Waals surface area (Å²) in [6, 6.07) is 16.1. The number of benzene rings is 2. The molecule has 1 amide bonds. The van der Waals surface area contributed by atoms with E-state index >= 15 is 0 Å². The zero-order chi connectivity index (χ0) is 31.1. The van der Waals surface area contributed by atoms with Crippen LogP contribution in [0.1, 0.15) is 53.3 Å². The highest BCUT2D eigenvalue weighted by Gasteiger charge is 2.30. The van der Waals surface area contributed by atoms with E-state index in [1.54, 1.807) is 35.8 Å². The maximum atomic E-state index is 14.9. The predicted octanol–water partition coefficient (Wildman–Crippen LogP) is 8.57. The third-order valence-electron chi connectivity index (χ3n) is 8.39. The summed E-state index contributed by atoms with van der Waals surface area (Å²) in [5, 5.41) is 15.9. The average molecular weight is 641 g/mol. The lowest BCUT2D eigenvalue weighted by Gasteiger charge is -2.23. The van der Waals surface area contributed by atoms with Crippen molar-refractivity contribution >= 4 is 60.8 Å². The van der Waals surface area contributed by atoms with Gasteiger partial charge in [-0.05, 0) is 66.3 Å². The number of aromatic nitrogens is 3. The SMILES string of the molecule is COc1ccc(-c2ccc3cc(-c4c(C5CCCCC5)c5sc(C(=O)O)cc5n4CC(=O)Nc4nccs4)ccc3n2)c(F)c1. The third-order valence-corrected chi connectivity index (χ3v) is 10.2. The Morgan fingerprint density at radius 1 is 1.09 bits per heavy atom. The predicted molar refractivity (Wildman–Crippen MR) is 176 cm³/mol. The summed E-state index contributed by atoms with van der Waals surface area (Å²) < 4.78 is 22.9. The first-order chi connectivity index (χ1) is 21.9. The van der Waals surface area contributed by atoms with Crippen molar-refractivity contribution in [1.29, 1.82) is 0 Å². The van der Waals surface area contributed by atoms with Gasteiger partial charge < -0.3 is 19.7 Å². The van der Waals surface area contributed by atoms with Crippen LogP contribution in [0, 0.1) is 5.82 Å². The van der Waals surface area contributed by atoms with Crippen LogP contribution < -0.4 is 10.1 Å². The molecule has 8 nitrogen and oxygen atoms in total. The van der Waals surface area contributed by atoms with Crippen molar-refractivity contribution in [2.45, 2.75) is 44.6 Å². The molecule has 1 aliphatic rings. The second-order valence-electron chi connectivity index (χ2n) is 11.1. The molecule has 0 atom stereocenters. The lowest BCUT2D eigenvalue weighted by Crippen LogP contribution is -2.19. The average Bonchev–Trinajstić information content (AvgIpc) is 3.78. The molecule has 1 aliphatic carbocycles. The highest BCUT2D eigenvalue weighted by molar-refractivity contribution is 7.21. The van der Waals surface area contributed by atoms with E-state index in [0.29, 0.717) is 27.7 Å². The maximum absolute atomic E-state index is 14.9. The van der Waals surface area contributed by atoms with Gasteiger partial charge in [-0.25, -0.2) is 19.2 Å². The molecule has 0 radical (unpaired) electrons. The van der Waals surface area contributed by atoms with Crippen LogP contribution in [0.4, 0.5) is 9.52 Å².